The average Bonchev–Trinajstić information content (AvgIpc) is 2.77. The molecule has 6 N–H and O–H groups in total. The molecule has 1 heterocycles. The van der Waals surface area contributed by atoms with Gasteiger partial charge in [-0.25, -0.2) is 4.99 Å². The number of fused-ring (bicyclic) bond motifs is 3. The third-order valence-electron chi connectivity index (χ3n) is 2.86. The molecule has 0 amide bonds. The molecule has 0 aliphatic rings. The van der Waals surface area contributed by atoms with Gasteiger partial charge in [0.25, 0.3) is 0 Å². The number of hydrogen-bond donors (Lipinski definition) is 3. The minimum Gasteiger partial charge on any atom is -0.456 e. The van der Waals surface area contributed by atoms with Crippen LogP contribution in [0.4, 0.5) is 5.69 Å². The predicted molar refractivity (Wildman–Crippen MR) is 80.8 cm³/mol. The molecule has 0 aliphatic heterocycles. The summed E-state index contributed by atoms with van der Waals surface area (Å²) in [6.45, 7) is 0. The number of nitrogens with two attached hydrogens (primary N) is 3. The molecule has 0 aliphatic carbocycles. The summed E-state index contributed by atoms with van der Waals surface area (Å²) < 4.78 is 5.76. The van der Waals surface area contributed by atoms with Gasteiger partial charge < -0.3 is 21.6 Å². The van der Waals surface area contributed by atoms with Crippen molar-refractivity contribution in [2.75, 3.05) is 0 Å². The Hall–Kier alpha value is -3.02. The monoisotopic (exact) mass is 267 g/mol. The Morgan fingerprint density at radius 2 is 1.65 bits per heavy atom. The molecular formula is C14H13N5O. The molecule has 0 fully saturated rings. The standard InChI is InChI=1S/C14H13N5O/c15-13(16)19-14(17)18-9-5-3-7-11-12(9)8-4-1-2-6-10(8)20-11/h1-7H,(H6,15,16,17,18,19). The molecule has 0 radical (unpaired) electrons. The van der Waals surface area contributed by atoms with Crippen LogP contribution < -0.4 is 17.2 Å². The van der Waals surface area contributed by atoms with Crippen LogP contribution in [0.1, 0.15) is 0 Å². The second-order valence-electron chi connectivity index (χ2n) is 4.26. The van der Waals surface area contributed by atoms with Crippen molar-refractivity contribution < 1.29 is 4.42 Å². The smallest absolute Gasteiger partial charge is 0.223 e. The number of nitrogens with zero attached hydrogens (tertiary/aromatic N) is 2. The van der Waals surface area contributed by atoms with Crippen LogP contribution in [0.15, 0.2) is 56.9 Å². The molecule has 0 atom stereocenters. The van der Waals surface area contributed by atoms with E-state index >= 15 is 0 Å². The molecule has 0 unspecified atom stereocenters. The fourth-order valence-corrected chi connectivity index (χ4v) is 2.13. The van der Waals surface area contributed by atoms with Crippen molar-refractivity contribution in [2.24, 2.45) is 27.2 Å². The van der Waals surface area contributed by atoms with Crippen LogP contribution in [0.3, 0.4) is 0 Å². The molecule has 0 spiro atoms. The maximum Gasteiger partial charge on any atom is 0.223 e. The molecule has 3 rings (SSSR count). The summed E-state index contributed by atoms with van der Waals surface area (Å²) in [5.74, 6) is -0.127. The fourth-order valence-electron chi connectivity index (χ4n) is 2.13. The van der Waals surface area contributed by atoms with Crippen LogP contribution in [0.5, 0.6) is 0 Å². The zero-order valence-electron chi connectivity index (χ0n) is 10.6. The molecule has 0 bridgehead atoms. The van der Waals surface area contributed by atoms with Crippen LogP contribution in [-0.2, 0) is 0 Å². The first-order valence-corrected chi connectivity index (χ1v) is 5.99. The van der Waals surface area contributed by atoms with Gasteiger partial charge in [0, 0.05) is 5.39 Å². The lowest BCUT2D eigenvalue weighted by molar-refractivity contribution is 0.669. The number of guanidine groups is 2. The maximum absolute atomic E-state index is 5.76. The zero-order valence-corrected chi connectivity index (χ0v) is 10.6. The first-order valence-electron chi connectivity index (χ1n) is 5.99. The predicted octanol–water partition coefficient (Wildman–Crippen LogP) is 1.81. The van der Waals surface area contributed by atoms with Crippen molar-refractivity contribution in [3.63, 3.8) is 0 Å². The average molecular weight is 267 g/mol. The van der Waals surface area contributed by atoms with E-state index in [-0.39, 0.29) is 11.9 Å². The van der Waals surface area contributed by atoms with Gasteiger partial charge in [0.05, 0.1) is 11.1 Å². The summed E-state index contributed by atoms with van der Waals surface area (Å²) in [6, 6.07) is 13.3. The van der Waals surface area contributed by atoms with Crippen LogP contribution in [0.25, 0.3) is 21.9 Å². The van der Waals surface area contributed by atoms with E-state index in [4.69, 9.17) is 21.6 Å². The Balaban J connectivity index is 2.28. The summed E-state index contributed by atoms with van der Waals surface area (Å²) in [4.78, 5) is 7.95. The number of furan rings is 1. The highest BCUT2D eigenvalue weighted by molar-refractivity contribution is 6.11. The third kappa shape index (κ3) is 2.03. The number of para-hydroxylation sites is 1. The first kappa shape index (κ1) is 12.0. The highest BCUT2D eigenvalue weighted by Crippen LogP contribution is 2.35. The van der Waals surface area contributed by atoms with E-state index < -0.39 is 0 Å². The number of rotatable bonds is 1. The van der Waals surface area contributed by atoms with E-state index in [2.05, 4.69) is 9.98 Å². The van der Waals surface area contributed by atoms with Gasteiger partial charge in [-0.1, -0.05) is 24.3 Å². The van der Waals surface area contributed by atoms with Gasteiger partial charge in [-0.2, -0.15) is 4.99 Å². The van der Waals surface area contributed by atoms with Crippen LogP contribution in [0.2, 0.25) is 0 Å². The quantitative estimate of drug-likeness (QED) is 0.460. The van der Waals surface area contributed by atoms with Gasteiger partial charge in [-0.3, -0.25) is 0 Å². The largest absolute Gasteiger partial charge is 0.456 e. The molecule has 2 aromatic carbocycles. The Kier molecular flexibility index (Phi) is 2.76. The summed E-state index contributed by atoms with van der Waals surface area (Å²) in [7, 11) is 0. The van der Waals surface area contributed by atoms with Gasteiger partial charge in [-0.05, 0) is 18.2 Å². The second-order valence-corrected chi connectivity index (χ2v) is 4.26. The molecule has 1 aromatic heterocycles. The Morgan fingerprint density at radius 3 is 2.45 bits per heavy atom. The normalized spacial score (nSPS) is 11.9. The zero-order chi connectivity index (χ0) is 14.1. The Bertz CT molecular complexity index is 843. The van der Waals surface area contributed by atoms with E-state index in [0.717, 1.165) is 21.9 Å². The summed E-state index contributed by atoms with van der Waals surface area (Å²) in [6.07, 6.45) is 0. The van der Waals surface area contributed by atoms with E-state index in [9.17, 15) is 0 Å². The third-order valence-corrected chi connectivity index (χ3v) is 2.86. The Labute approximate surface area is 114 Å². The van der Waals surface area contributed by atoms with E-state index in [1.165, 1.54) is 0 Å². The second kappa shape index (κ2) is 4.58. The number of aliphatic imine (C=N–C) groups is 2. The van der Waals surface area contributed by atoms with Gasteiger partial charge >= 0.3 is 0 Å². The Morgan fingerprint density at radius 1 is 0.900 bits per heavy atom. The number of benzene rings is 2. The van der Waals surface area contributed by atoms with Crippen molar-refractivity contribution in [3.05, 3.63) is 42.5 Å². The summed E-state index contributed by atoms with van der Waals surface area (Å²) in [5, 5.41) is 1.86. The lowest BCUT2D eigenvalue weighted by Gasteiger charge is -1.98. The highest BCUT2D eigenvalue weighted by atomic mass is 16.3. The van der Waals surface area contributed by atoms with Crippen LogP contribution in [-0.4, -0.2) is 11.9 Å². The van der Waals surface area contributed by atoms with E-state index in [0.29, 0.717) is 5.69 Å². The van der Waals surface area contributed by atoms with Crippen molar-refractivity contribution in [3.8, 4) is 0 Å². The van der Waals surface area contributed by atoms with Crippen molar-refractivity contribution >= 4 is 39.5 Å². The van der Waals surface area contributed by atoms with Crippen molar-refractivity contribution in [1.82, 2.24) is 0 Å². The molecule has 0 saturated heterocycles. The molecule has 3 aromatic rings. The van der Waals surface area contributed by atoms with Crippen LogP contribution >= 0.6 is 0 Å². The summed E-state index contributed by atoms with van der Waals surface area (Å²) >= 11 is 0. The molecule has 0 saturated carbocycles. The molecule has 20 heavy (non-hydrogen) atoms. The molecule has 6 nitrogen and oxygen atoms in total. The van der Waals surface area contributed by atoms with Crippen molar-refractivity contribution in [1.29, 1.82) is 0 Å². The van der Waals surface area contributed by atoms with E-state index in [1.807, 2.05) is 42.5 Å². The highest BCUT2D eigenvalue weighted by Gasteiger charge is 2.10. The fraction of sp³-hybridized carbons (Fsp3) is 0. The molecule has 100 valence electrons. The molecule has 6 heteroatoms. The van der Waals surface area contributed by atoms with E-state index in [1.54, 1.807) is 0 Å². The van der Waals surface area contributed by atoms with Gasteiger partial charge in [0.1, 0.15) is 11.2 Å². The maximum atomic E-state index is 5.76. The number of hydrogen-bond acceptors (Lipinski definition) is 2. The topological polar surface area (TPSA) is 116 Å². The lowest BCUT2D eigenvalue weighted by atomic mass is 10.1. The lowest BCUT2D eigenvalue weighted by Crippen LogP contribution is -2.26. The SMILES string of the molecule is NC(N)=NC(N)=Nc1cccc2oc3ccccc3c12. The van der Waals surface area contributed by atoms with Gasteiger partial charge in [0.15, 0.2) is 5.96 Å². The van der Waals surface area contributed by atoms with Gasteiger partial charge in [-0.15, -0.1) is 0 Å². The summed E-state index contributed by atoms with van der Waals surface area (Å²) in [5.41, 5.74) is 18.4. The minimum absolute atomic E-state index is 0.00258. The first-order chi connectivity index (χ1) is 9.65. The van der Waals surface area contributed by atoms with Crippen LogP contribution in [0, 0.1) is 0 Å². The molecular weight excluding hydrogens is 254 g/mol. The van der Waals surface area contributed by atoms with Gasteiger partial charge in [0.2, 0.25) is 5.96 Å². The van der Waals surface area contributed by atoms with Crippen molar-refractivity contribution in [2.45, 2.75) is 0 Å². The minimum atomic E-state index is -0.129.